The molecule has 0 atom stereocenters. The number of phenols is 1. The Bertz CT molecular complexity index is 614. The zero-order chi connectivity index (χ0) is 15.8. The Kier molecular flexibility index (Phi) is 5.48. The van der Waals surface area contributed by atoms with Crippen LogP contribution < -0.4 is 20.1 Å². The number of urea groups is 1. The van der Waals surface area contributed by atoms with E-state index in [0.29, 0.717) is 23.8 Å². The molecule has 0 aliphatic rings. The lowest BCUT2D eigenvalue weighted by Gasteiger charge is -2.12. The molecule has 0 saturated carbocycles. The number of hydrogen-bond acceptors (Lipinski definition) is 4. The molecule has 0 aliphatic heterocycles. The van der Waals surface area contributed by atoms with Gasteiger partial charge in [0.2, 0.25) is 0 Å². The molecule has 0 radical (unpaired) electrons. The number of para-hydroxylation sites is 2. The molecular weight excluding hydrogens is 284 g/mol. The number of nitrogens with one attached hydrogen (secondary N) is 2. The normalized spacial score (nSPS) is 9.86. The lowest BCUT2D eigenvalue weighted by molar-refractivity contribution is 0.229. The van der Waals surface area contributed by atoms with Crippen molar-refractivity contribution in [2.75, 3.05) is 18.7 Å². The minimum absolute atomic E-state index is 0.00794. The molecule has 2 rings (SSSR count). The first kappa shape index (κ1) is 15.5. The monoisotopic (exact) mass is 302 g/mol. The third-order valence-corrected chi connectivity index (χ3v) is 2.73. The van der Waals surface area contributed by atoms with E-state index >= 15 is 0 Å². The van der Waals surface area contributed by atoms with Crippen LogP contribution in [-0.2, 0) is 0 Å². The highest BCUT2D eigenvalue weighted by atomic mass is 16.5. The maximum atomic E-state index is 11.7. The van der Waals surface area contributed by atoms with E-state index in [1.807, 2.05) is 19.1 Å². The smallest absolute Gasteiger partial charge is 0.321 e. The third kappa shape index (κ3) is 4.59. The van der Waals surface area contributed by atoms with Crippen molar-refractivity contribution in [3.05, 3.63) is 48.5 Å². The number of carbonyl (C=O) groups excluding carboxylic acids is 1. The average molecular weight is 302 g/mol. The summed E-state index contributed by atoms with van der Waals surface area (Å²) in [7, 11) is 0. The van der Waals surface area contributed by atoms with Gasteiger partial charge in [0.25, 0.3) is 0 Å². The van der Waals surface area contributed by atoms with Crippen LogP contribution in [0.4, 0.5) is 10.5 Å². The van der Waals surface area contributed by atoms with Crippen LogP contribution in [0.3, 0.4) is 0 Å². The zero-order valence-electron chi connectivity index (χ0n) is 12.2. The summed E-state index contributed by atoms with van der Waals surface area (Å²) >= 11 is 0. The van der Waals surface area contributed by atoms with Crippen LogP contribution in [0.1, 0.15) is 6.92 Å². The van der Waals surface area contributed by atoms with Crippen molar-refractivity contribution >= 4 is 11.7 Å². The highest BCUT2D eigenvalue weighted by Gasteiger charge is 2.05. The third-order valence-electron chi connectivity index (χ3n) is 2.73. The second-order valence-electron chi connectivity index (χ2n) is 4.35. The molecule has 6 nitrogen and oxygen atoms in total. The molecule has 2 aromatic carbocycles. The van der Waals surface area contributed by atoms with Crippen molar-refractivity contribution in [2.45, 2.75) is 6.92 Å². The highest BCUT2D eigenvalue weighted by molar-refractivity contribution is 5.89. The number of aromatic hydroxyl groups is 1. The SMILES string of the molecule is CCOc1ccccc1OCNC(=O)Nc1ccc(O)cc1. The van der Waals surface area contributed by atoms with Crippen LogP contribution in [0.25, 0.3) is 0 Å². The van der Waals surface area contributed by atoms with Gasteiger partial charge in [-0.25, -0.2) is 4.79 Å². The quantitative estimate of drug-likeness (QED) is 0.566. The number of benzene rings is 2. The van der Waals surface area contributed by atoms with Crippen LogP contribution in [-0.4, -0.2) is 24.5 Å². The summed E-state index contributed by atoms with van der Waals surface area (Å²) in [5.74, 6) is 1.34. The summed E-state index contributed by atoms with van der Waals surface area (Å²) in [5, 5.41) is 14.4. The number of rotatable bonds is 6. The van der Waals surface area contributed by atoms with Crippen molar-refractivity contribution in [1.82, 2.24) is 5.32 Å². The lowest BCUT2D eigenvalue weighted by atomic mass is 10.3. The van der Waals surface area contributed by atoms with Gasteiger partial charge in [-0.15, -0.1) is 0 Å². The van der Waals surface area contributed by atoms with E-state index in [4.69, 9.17) is 14.6 Å². The first-order chi connectivity index (χ1) is 10.7. The second-order valence-corrected chi connectivity index (χ2v) is 4.35. The standard InChI is InChI=1S/C16H18N2O4/c1-2-21-14-5-3-4-6-15(14)22-11-17-16(20)18-12-7-9-13(19)10-8-12/h3-10,19H,2,11H2,1H3,(H2,17,18,20). The predicted molar refractivity (Wildman–Crippen MR) is 83.4 cm³/mol. The Morgan fingerprint density at radius 2 is 1.68 bits per heavy atom. The fraction of sp³-hybridized carbons (Fsp3) is 0.188. The molecule has 0 heterocycles. The zero-order valence-corrected chi connectivity index (χ0v) is 12.2. The Labute approximate surface area is 128 Å². The number of ether oxygens (including phenoxy) is 2. The Morgan fingerprint density at radius 3 is 2.32 bits per heavy atom. The van der Waals surface area contributed by atoms with E-state index in [-0.39, 0.29) is 12.5 Å². The Morgan fingerprint density at radius 1 is 1.05 bits per heavy atom. The molecule has 0 spiro atoms. The summed E-state index contributed by atoms with van der Waals surface area (Å²) in [4.78, 5) is 11.7. The number of anilines is 1. The van der Waals surface area contributed by atoms with Crippen LogP contribution in [0, 0.1) is 0 Å². The molecule has 0 aliphatic carbocycles. The van der Waals surface area contributed by atoms with E-state index in [0.717, 1.165) is 0 Å². The maximum Gasteiger partial charge on any atom is 0.321 e. The minimum Gasteiger partial charge on any atom is -0.508 e. The van der Waals surface area contributed by atoms with Crippen molar-refractivity contribution < 1.29 is 19.4 Å². The van der Waals surface area contributed by atoms with Crippen LogP contribution in [0.2, 0.25) is 0 Å². The fourth-order valence-corrected chi connectivity index (χ4v) is 1.74. The molecule has 3 N–H and O–H groups in total. The predicted octanol–water partition coefficient (Wildman–Crippen LogP) is 2.95. The molecule has 6 heteroatoms. The van der Waals surface area contributed by atoms with Gasteiger partial charge in [-0.3, -0.25) is 0 Å². The number of amides is 2. The van der Waals surface area contributed by atoms with Gasteiger partial charge in [0, 0.05) is 5.69 Å². The molecule has 0 aromatic heterocycles. The van der Waals surface area contributed by atoms with E-state index < -0.39 is 6.03 Å². The van der Waals surface area contributed by atoms with Crippen molar-refractivity contribution in [3.63, 3.8) is 0 Å². The van der Waals surface area contributed by atoms with Crippen molar-refractivity contribution in [2.24, 2.45) is 0 Å². The highest BCUT2D eigenvalue weighted by Crippen LogP contribution is 2.25. The molecule has 0 saturated heterocycles. The molecular formula is C16H18N2O4. The summed E-state index contributed by atoms with van der Waals surface area (Å²) < 4.78 is 10.9. The van der Waals surface area contributed by atoms with Gasteiger partial charge in [-0.1, -0.05) is 12.1 Å². The summed E-state index contributed by atoms with van der Waals surface area (Å²) in [6, 6.07) is 13.0. The average Bonchev–Trinajstić information content (AvgIpc) is 2.51. The molecule has 0 unspecified atom stereocenters. The van der Waals surface area contributed by atoms with E-state index in [1.165, 1.54) is 12.1 Å². The van der Waals surface area contributed by atoms with E-state index in [1.54, 1.807) is 24.3 Å². The van der Waals surface area contributed by atoms with Gasteiger partial charge in [-0.2, -0.15) is 0 Å². The Hall–Kier alpha value is -2.89. The largest absolute Gasteiger partial charge is 0.508 e. The molecule has 2 amide bonds. The molecule has 116 valence electrons. The topological polar surface area (TPSA) is 79.8 Å². The summed E-state index contributed by atoms with van der Waals surface area (Å²) in [6.45, 7) is 2.43. The van der Waals surface area contributed by atoms with Crippen molar-refractivity contribution in [3.8, 4) is 17.2 Å². The summed E-state index contributed by atoms with van der Waals surface area (Å²) in [6.07, 6.45) is 0. The van der Waals surface area contributed by atoms with Gasteiger partial charge in [-0.05, 0) is 43.3 Å². The first-order valence-electron chi connectivity index (χ1n) is 6.87. The molecule has 0 fully saturated rings. The van der Waals surface area contributed by atoms with Crippen LogP contribution in [0.5, 0.6) is 17.2 Å². The van der Waals surface area contributed by atoms with E-state index in [9.17, 15) is 4.79 Å². The number of carbonyl (C=O) groups is 1. The van der Waals surface area contributed by atoms with Gasteiger partial charge < -0.3 is 25.2 Å². The van der Waals surface area contributed by atoms with Gasteiger partial charge in [0.15, 0.2) is 18.2 Å². The molecule has 2 aromatic rings. The second kappa shape index (κ2) is 7.78. The number of hydrogen-bond donors (Lipinski definition) is 3. The summed E-state index contributed by atoms with van der Waals surface area (Å²) in [5.41, 5.74) is 0.574. The lowest BCUT2D eigenvalue weighted by Crippen LogP contribution is -2.32. The van der Waals surface area contributed by atoms with E-state index in [2.05, 4.69) is 10.6 Å². The van der Waals surface area contributed by atoms with Gasteiger partial charge >= 0.3 is 6.03 Å². The van der Waals surface area contributed by atoms with Gasteiger partial charge in [0.05, 0.1) is 6.61 Å². The first-order valence-corrected chi connectivity index (χ1v) is 6.87. The van der Waals surface area contributed by atoms with Crippen LogP contribution >= 0.6 is 0 Å². The van der Waals surface area contributed by atoms with Crippen LogP contribution in [0.15, 0.2) is 48.5 Å². The molecule has 0 bridgehead atoms. The Balaban J connectivity index is 1.81. The fourth-order valence-electron chi connectivity index (χ4n) is 1.74. The van der Waals surface area contributed by atoms with Gasteiger partial charge in [0.1, 0.15) is 5.75 Å². The number of phenolic OH excluding ortho intramolecular Hbond substituents is 1. The van der Waals surface area contributed by atoms with Crippen molar-refractivity contribution in [1.29, 1.82) is 0 Å². The minimum atomic E-state index is -0.403. The molecule has 22 heavy (non-hydrogen) atoms. The maximum absolute atomic E-state index is 11.7.